The van der Waals surface area contributed by atoms with Gasteiger partial charge in [-0.2, -0.15) is 0 Å². The monoisotopic (exact) mass is 238 g/mol. The Morgan fingerprint density at radius 3 is 2.88 bits per heavy atom. The molecular weight excluding hydrogens is 216 g/mol. The molecule has 96 valence electrons. The van der Waals surface area contributed by atoms with Crippen LogP contribution in [-0.4, -0.2) is 31.3 Å². The maximum atomic E-state index is 6.31. The Balaban J connectivity index is 1.73. The highest BCUT2D eigenvalue weighted by molar-refractivity contribution is 5.00. The molecule has 1 aromatic heterocycles. The van der Waals surface area contributed by atoms with Crippen LogP contribution >= 0.6 is 0 Å². The van der Waals surface area contributed by atoms with Crippen LogP contribution in [-0.2, 0) is 11.2 Å². The lowest BCUT2D eigenvalue weighted by molar-refractivity contribution is 0.0523. The molecule has 17 heavy (non-hydrogen) atoms. The molecule has 1 aliphatic heterocycles. The number of nitrogens with two attached hydrogens (primary N) is 1. The van der Waals surface area contributed by atoms with Gasteiger partial charge in [-0.05, 0) is 31.9 Å². The van der Waals surface area contributed by atoms with Crippen LogP contribution in [0.3, 0.4) is 0 Å². The standard InChI is InChI=1S/C13H22N2O2/c1-11(9-12-3-2-6-17-12)15-10-13(14)4-7-16-8-5-13/h2-3,6,11,15H,4-5,7-10,14H2,1H3. The topological polar surface area (TPSA) is 60.4 Å². The van der Waals surface area contributed by atoms with Crippen molar-refractivity contribution in [1.82, 2.24) is 5.32 Å². The van der Waals surface area contributed by atoms with Gasteiger partial charge in [-0.3, -0.25) is 0 Å². The van der Waals surface area contributed by atoms with Gasteiger partial charge in [0.2, 0.25) is 0 Å². The second kappa shape index (κ2) is 5.67. The zero-order valence-corrected chi connectivity index (χ0v) is 10.4. The third-order valence-electron chi connectivity index (χ3n) is 3.38. The Morgan fingerprint density at radius 1 is 1.47 bits per heavy atom. The van der Waals surface area contributed by atoms with Crippen LogP contribution in [0.2, 0.25) is 0 Å². The molecule has 1 aromatic rings. The Labute approximate surface area is 103 Å². The van der Waals surface area contributed by atoms with E-state index in [1.807, 2.05) is 12.1 Å². The van der Waals surface area contributed by atoms with Crippen molar-refractivity contribution >= 4 is 0 Å². The van der Waals surface area contributed by atoms with Crippen LogP contribution in [0, 0.1) is 0 Å². The predicted octanol–water partition coefficient (Wildman–Crippen LogP) is 1.31. The van der Waals surface area contributed by atoms with E-state index in [0.717, 1.165) is 44.8 Å². The third kappa shape index (κ3) is 3.84. The van der Waals surface area contributed by atoms with Crippen LogP contribution < -0.4 is 11.1 Å². The average molecular weight is 238 g/mol. The fourth-order valence-electron chi connectivity index (χ4n) is 2.13. The maximum absolute atomic E-state index is 6.31. The molecule has 1 saturated heterocycles. The van der Waals surface area contributed by atoms with E-state index in [1.165, 1.54) is 0 Å². The number of nitrogens with one attached hydrogen (secondary N) is 1. The molecule has 0 amide bonds. The molecule has 0 spiro atoms. The lowest BCUT2D eigenvalue weighted by Gasteiger charge is -2.34. The van der Waals surface area contributed by atoms with Gasteiger partial charge >= 0.3 is 0 Å². The van der Waals surface area contributed by atoms with Gasteiger partial charge < -0.3 is 20.2 Å². The van der Waals surface area contributed by atoms with E-state index in [0.29, 0.717) is 6.04 Å². The second-order valence-corrected chi connectivity index (χ2v) is 5.04. The van der Waals surface area contributed by atoms with Gasteiger partial charge in [0.1, 0.15) is 5.76 Å². The quantitative estimate of drug-likeness (QED) is 0.812. The van der Waals surface area contributed by atoms with Crippen molar-refractivity contribution in [3.63, 3.8) is 0 Å². The van der Waals surface area contributed by atoms with E-state index in [9.17, 15) is 0 Å². The number of hydrogen-bond donors (Lipinski definition) is 2. The van der Waals surface area contributed by atoms with Crippen LogP contribution in [0.1, 0.15) is 25.5 Å². The molecule has 0 aromatic carbocycles. The minimum atomic E-state index is -0.102. The number of furan rings is 1. The van der Waals surface area contributed by atoms with Crippen molar-refractivity contribution < 1.29 is 9.15 Å². The van der Waals surface area contributed by atoms with Gasteiger partial charge in [0, 0.05) is 37.8 Å². The largest absolute Gasteiger partial charge is 0.469 e. The molecule has 1 atom stereocenters. The summed E-state index contributed by atoms with van der Waals surface area (Å²) in [5, 5.41) is 3.49. The molecule has 4 nitrogen and oxygen atoms in total. The molecule has 0 saturated carbocycles. The molecule has 3 N–H and O–H groups in total. The summed E-state index contributed by atoms with van der Waals surface area (Å²) < 4.78 is 10.7. The number of ether oxygens (including phenoxy) is 1. The molecule has 0 radical (unpaired) electrons. The Morgan fingerprint density at radius 2 is 2.24 bits per heavy atom. The summed E-state index contributed by atoms with van der Waals surface area (Å²) in [6.45, 7) is 4.57. The highest BCUT2D eigenvalue weighted by Crippen LogP contribution is 2.16. The lowest BCUT2D eigenvalue weighted by atomic mass is 9.91. The zero-order valence-electron chi connectivity index (χ0n) is 10.4. The summed E-state index contributed by atoms with van der Waals surface area (Å²) in [5.41, 5.74) is 6.21. The van der Waals surface area contributed by atoms with E-state index in [2.05, 4.69) is 12.2 Å². The van der Waals surface area contributed by atoms with Crippen LogP contribution in [0.25, 0.3) is 0 Å². The molecule has 2 heterocycles. The molecule has 1 unspecified atom stereocenters. The van der Waals surface area contributed by atoms with E-state index in [4.69, 9.17) is 14.9 Å². The molecule has 0 bridgehead atoms. The van der Waals surface area contributed by atoms with Crippen LogP contribution in [0.5, 0.6) is 0 Å². The summed E-state index contributed by atoms with van der Waals surface area (Å²) >= 11 is 0. The van der Waals surface area contributed by atoms with Gasteiger partial charge in [0.05, 0.1) is 6.26 Å². The van der Waals surface area contributed by atoms with Gasteiger partial charge in [0.15, 0.2) is 0 Å². The molecule has 2 rings (SSSR count). The van der Waals surface area contributed by atoms with E-state index < -0.39 is 0 Å². The third-order valence-corrected chi connectivity index (χ3v) is 3.38. The van der Waals surface area contributed by atoms with Gasteiger partial charge in [-0.25, -0.2) is 0 Å². The van der Waals surface area contributed by atoms with Crippen molar-refractivity contribution in [2.75, 3.05) is 19.8 Å². The first-order valence-corrected chi connectivity index (χ1v) is 6.30. The average Bonchev–Trinajstić information content (AvgIpc) is 2.80. The zero-order chi connectivity index (χ0) is 12.1. The van der Waals surface area contributed by atoms with Crippen molar-refractivity contribution in [2.45, 2.75) is 37.8 Å². The fraction of sp³-hybridized carbons (Fsp3) is 0.692. The highest BCUT2D eigenvalue weighted by atomic mass is 16.5. The Hall–Kier alpha value is -0.840. The van der Waals surface area contributed by atoms with Crippen molar-refractivity contribution in [2.24, 2.45) is 5.73 Å². The fourth-order valence-corrected chi connectivity index (χ4v) is 2.13. The summed E-state index contributed by atoms with van der Waals surface area (Å²) in [6, 6.07) is 4.31. The van der Waals surface area contributed by atoms with Crippen LogP contribution in [0.4, 0.5) is 0 Å². The number of rotatable bonds is 5. The van der Waals surface area contributed by atoms with E-state index in [-0.39, 0.29) is 5.54 Å². The predicted molar refractivity (Wildman–Crippen MR) is 66.8 cm³/mol. The Kier molecular flexibility index (Phi) is 4.20. The first-order chi connectivity index (χ1) is 8.18. The first-order valence-electron chi connectivity index (χ1n) is 6.30. The Bertz CT molecular complexity index is 318. The minimum absolute atomic E-state index is 0.102. The molecule has 1 aliphatic rings. The minimum Gasteiger partial charge on any atom is -0.469 e. The second-order valence-electron chi connectivity index (χ2n) is 5.04. The van der Waals surface area contributed by atoms with E-state index >= 15 is 0 Å². The molecular formula is C13H22N2O2. The smallest absolute Gasteiger partial charge is 0.105 e. The maximum Gasteiger partial charge on any atom is 0.105 e. The van der Waals surface area contributed by atoms with Crippen molar-refractivity contribution in [3.8, 4) is 0 Å². The van der Waals surface area contributed by atoms with Crippen LogP contribution in [0.15, 0.2) is 22.8 Å². The normalized spacial score (nSPS) is 21.3. The van der Waals surface area contributed by atoms with Gasteiger partial charge in [0.25, 0.3) is 0 Å². The SMILES string of the molecule is CC(Cc1ccco1)NCC1(N)CCOCC1. The van der Waals surface area contributed by atoms with Gasteiger partial charge in [-0.15, -0.1) is 0 Å². The van der Waals surface area contributed by atoms with Crippen molar-refractivity contribution in [1.29, 1.82) is 0 Å². The highest BCUT2D eigenvalue weighted by Gasteiger charge is 2.27. The van der Waals surface area contributed by atoms with Crippen molar-refractivity contribution in [3.05, 3.63) is 24.2 Å². The molecule has 4 heteroatoms. The van der Waals surface area contributed by atoms with E-state index in [1.54, 1.807) is 6.26 Å². The molecule has 1 fully saturated rings. The summed E-state index contributed by atoms with van der Waals surface area (Å²) in [4.78, 5) is 0. The summed E-state index contributed by atoms with van der Waals surface area (Å²) in [6.07, 6.45) is 4.49. The number of hydrogen-bond acceptors (Lipinski definition) is 4. The first kappa shape index (κ1) is 12.6. The summed E-state index contributed by atoms with van der Waals surface area (Å²) in [5.74, 6) is 1.02. The molecule has 0 aliphatic carbocycles. The summed E-state index contributed by atoms with van der Waals surface area (Å²) in [7, 11) is 0. The van der Waals surface area contributed by atoms with Gasteiger partial charge in [-0.1, -0.05) is 0 Å². The lowest BCUT2D eigenvalue weighted by Crippen LogP contribution is -2.54.